The molecule has 0 atom stereocenters. The smallest absolute Gasteiger partial charge is 0.451 e. The van der Waals surface area contributed by atoms with Gasteiger partial charge in [0.05, 0.1) is 12.0 Å². The fourth-order valence-corrected chi connectivity index (χ4v) is 3.05. The zero-order chi connectivity index (χ0) is 16.8. The Balaban J connectivity index is 1.71. The molecule has 2 heterocycles. The summed E-state index contributed by atoms with van der Waals surface area (Å²) in [6, 6.07) is 0. The van der Waals surface area contributed by atoms with Gasteiger partial charge in [0.2, 0.25) is 11.7 Å². The minimum Gasteiger partial charge on any atom is -0.481 e. The number of fused-ring (bicyclic) bond motifs is 1. The van der Waals surface area contributed by atoms with Gasteiger partial charge in [-0.3, -0.25) is 9.59 Å². The lowest BCUT2D eigenvalue weighted by molar-refractivity contribution is -0.160. The molecular formula is C13H15F3N4O3. The molecule has 1 fully saturated rings. The number of alkyl halides is 3. The van der Waals surface area contributed by atoms with Crippen LogP contribution in [-0.2, 0) is 28.9 Å². The first kappa shape index (κ1) is 15.8. The number of carbonyl (C=O) groups is 2. The largest absolute Gasteiger partial charge is 0.481 e. The van der Waals surface area contributed by atoms with Gasteiger partial charge in [0.1, 0.15) is 0 Å². The summed E-state index contributed by atoms with van der Waals surface area (Å²) in [5.74, 6) is -2.36. The van der Waals surface area contributed by atoms with E-state index in [9.17, 15) is 27.9 Å². The summed E-state index contributed by atoms with van der Waals surface area (Å²) in [5.41, 5.74) is -1.01. The second-order valence-corrected chi connectivity index (χ2v) is 6.02. The lowest BCUT2D eigenvalue weighted by atomic mass is 9.66. The van der Waals surface area contributed by atoms with E-state index in [4.69, 9.17) is 0 Å². The number of nitrogens with zero attached hydrogens (tertiary/aromatic N) is 4. The van der Waals surface area contributed by atoms with Gasteiger partial charge in [0.15, 0.2) is 5.82 Å². The molecule has 0 bridgehead atoms. The highest BCUT2D eigenvalue weighted by molar-refractivity contribution is 5.85. The summed E-state index contributed by atoms with van der Waals surface area (Å²) in [6.07, 6.45) is -3.03. The van der Waals surface area contributed by atoms with Crippen LogP contribution in [0.5, 0.6) is 0 Å². The summed E-state index contributed by atoms with van der Waals surface area (Å²) in [6.45, 7) is -0.0523. The number of carboxylic acids is 1. The number of rotatable bonds is 3. The lowest BCUT2D eigenvalue weighted by Gasteiger charge is -2.39. The number of hydrogen-bond acceptors (Lipinski definition) is 4. The highest BCUT2D eigenvalue weighted by Gasteiger charge is 2.47. The first-order chi connectivity index (χ1) is 10.7. The van der Waals surface area contributed by atoms with Crippen LogP contribution in [0, 0.1) is 5.41 Å². The van der Waals surface area contributed by atoms with Crippen LogP contribution in [0.25, 0.3) is 0 Å². The Morgan fingerprint density at radius 1 is 1.22 bits per heavy atom. The number of aliphatic carboxylic acids is 1. The molecule has 2 aliphatic rings. The quantitative estimate of drug-likeness (QED) is 0.901. The molecule has 126 valence electrons. The number of amides is 1. The molecule has 1 amide bonds. The molecule has 23 heavy (non-hydrogen) atoms. The predicted octanol–water partition coefficient (Wildman–Crippen LogP) is 1.28. The van der Waals surface area contributed by atoms with Crippen LogP contribution in [0.1, 0.15) is 37.3 Å². The Bertz CT molecular complexity index is 651. The second kappa shape index (κ2) is 5.20. The van der Waals surface area contributed by atoms with Crippen LogP contribution in [0.4, 0.5) is 13.2 Å². The van der Waals surface area contributed by atoms with Gasteiger partial charge in [-0.1, -0.05) is 6.42 Å². The zero-order valence-electron chi connectivity index (χ0n) is 12.1. The first-order valence-corrected chi connectivity index (χ1v) is 7.23. The van der Waals surface area contributed by atoms with Gasteiger partial charge in [0.25, 0.3) is 0 Å². The highest BCUT2D eigenvalue weighted by Crippen LogP contribution is 2.44. The van der Waals surface area contributed by atoms with E-state index in [0.29, 0.717) is 12.8 Å². The van der Waals surface area contributed by atoms with Gasteiger partial charge >= 0.3 is 12.1 Å². The molecule has 0 radical (unpaired) electrons. The van der Waals surface area contributed by atoms with E-state index < -0.39 is 23.4 Å². The topological polar surface area (TPSA) is 88.3 Å². The van der Waals surface area contributed by atoms with Crippen LogP contribution < -0.4 is 0 Å². The van der Waals surface area contributed by atoms with Gasteiger partial charge in [-0.25, -0.2) is 0 Å². The Morgan fingerprint density at radius 3 is 2.43 bits per heavy atom. The summed E-state index contributed by atoms with van der Waals surface area (Å²) in [5, 5.41) is 15.9. The summed E-state index contributed by atoms with van der Waals surface area (Å²) < 4.78 is 39.2. The van der Waals surface area contributed by atoms with E-state index in [-0.39, 0.29) is 37.8 Å². The van der Waals surface area contributed by atoms with Crippen LogP contribution in [0.3, 0.4) is 0 Å². The zero-order valence-corrected chi connectivity index (χ0v) is 12.1. The molecule has 7 nitrogen and oxygen atoms in total. The standard InChI is InChI=1S/C13H15F3N4O3/c14-13(15,16)10-18-17-8-7-19(4-5-20(8)10)9(21)6-12(11(22)23)2-1-3-12/h1-7H2,(H,22,23). The van der Waals surface area contributed by atoms with Crippen molar-refractivity contribution in [3.8, 4) is 0 Å². The summed E-state index contributed by atoms with van der Waals surface area (Å²) >= 11 is 0. The molecule has 0 aromatic carbocycles. The van der Waals surface area contributed by atoms with Crippen molar-refractivity contribution in [1.29, 1.82) is 0 Å². The van der Waals surface area contributed by atoms with E-state index in [0.717, 1.165) is 11.0 Å². The lowest BCUT2D eigenvalue weighted by Crippen LogP contribution is -2.46. The molecule has 3 rings (SSSR count). The van der Waals surface area contributed by atoms with Gasteiger partial charge in [-0.2, -0.15) is 13.2 Å². The summed E-state index contributed by atoms with van der Waals surface area (Å²) in [7, 11) is 0. The van der Waals surface area contributed by atoms with Crippen LogP contribution in [0.2, 0.25) is 0 Å². The molecule has 0 unspecified atom stereocenters. The fraction of sp³-hybridized carbons (Fsp3) is 0.692. The van der Waals surface area contributed by atoms with Gasteiger partial charge in [0, 0.05) is 19.5 Å². The maximum absolute atomic E-state index is 12.8. The van der Waals surface area contributed by atoms with Gasteiger partial charge < -0.3 is 14.6 Å². The maximum atomic E-state index is 12.8. The molecule has 1 saturated carbocycles. The van der Waals surface area contributed by atoms with Crippen molar-refractivity contribution >= 4 is 11.9 Å². The third kappa shape index (κ3) is 2.66. The Labute approximate surface area is 129 Å². The van der Waals surface area contributed by atoms with Gasteiger partial charge in [-0.15, -0.1) is 10.2 Å². The Kier molecular flexibility index (Phi) is 3.56. The summed E-state index contributed by atoms with van der Waals surface area (Å²) in [4.78, 5) is 25.0. The molecule has 0 spiro atoms. The number of aromatic nitrogens is 3. The van der Waals surface area contributed by atoms with Crippen molar-refractivity contribution in [2.24, 2.45) is 5.41 Å². The monoisotopic (exact) mass is 332 g/mol. The van der Waals surface area contributed by atoms with E-state index in [2.05, 4.69) is 10.2 Å². The Hall–Kier alpha value is -2.13. The molecule has 0 saturated heterocycles. The van der Waals surface area contributed by atoms with Gasteiger partial charge in [-0.05, 0) is 12.8 Å². The first-order valence-electron chi connectivity index (χ1n) is 7.23. The van der Waals surface area contributed by atoms with Crippen molar-refractivity contribution in [2.75, 3.05) is 6.54 Å². The minimum absolute atomic E-state index is 0.0526. The van der Waals surface area contributed by atoms with Crippen LogP contribution >= 0.6 is 0 Å². The molecule has 1 N–H and O–H groups in total. The third-order valence-corrected chi connectivity index (χ3v) is 4.61. The predicted molar refractivity (Wildman–Crippen MR) is 69.0 cm³/mol. The average molecular weight is 332 g/mol. The van der Waals surface area contributed by atoms with Crippen molar-refractivity contribution in [3.05, 3.63) is 11.6 Å². The molecule has 1 aliphatic carbocycles. The van der Waals surface area contributed by atoms with Crippen molar-refractivity contribution in [3.63, 3.8) is 0 Å². The van der Waals surface area contributed by atoms with E-state index in [1.165, 1.54) is 4.90 Å². The van der Waals surface area contributed by atoms with E-state index >= 15 is 0 Å². The van der Waals surface area contributed by atoms with E-state index in [1.54, 1.807) is 0 Å². The van der Waals surface area contributed by atoms with E-state index in [1.807, 2.05) is 0 Å². The fourth-order valence-electron chi connectivity index (χ4n) is 3.05. The van der Waals surface area contributed by atoms with Crippen LogP contribution in [0.15, 0.2) is 0 Å². The van der Waals surface area contributed by atoms with Crippen LogP contribution in [-0.4, -0.2) is 43.2 Å². The van der Waals surface area contributed by atoms with Crippen molar-refractivity contribution in [1.82, 2.24) is 19.7 Å². The Morgan fingerprint density at radius 2 is 1.91 bits per heavy atom. The third-order valence-electron chi connectivity index (χ3n) is 4.61. The number of carbonyl (C=O) groups excluding carboxylic acids is 1. The second-order valence-electron chi connectivity index (χ2n) is 6.02. The number of carboxylic acid groups (broad SMARTS) is 1. The SMILES string of the molecule is O=C(CC1(C(=O)O)CCC1)N1CCn2c(nnc2C(F)(F)F)C1. The van der Waals surface area contributed by atoms with Crippen molar-refractivity contribution in [2.45, 2.75) is 44.9 Å². The number of hydrogen-bond donors (Lipinski definition) is 1. The molecule has 1 aromatic rings. The molecular weight excluding hydrogens is 317 g/mol. The minimum atomic E-state index is -4.59. The molecule has 1 aliphatic heterocycles. The molecule has 10 heteroatoms. The normalized spacial score (nSPS) is 19.9. The number of halogens is 3. The highest BCUT2D eigenvalue weighted by atomic mass is 19.4. The van der Waals surface area contributed by atoms with Crippen molar-refractivity contribution < 1.29 is 27.9 Å². The molecule has 1 aromatic heterocycles. The average Bonchev–Trinajstić information content (AvgIpc) is 2.84. The maximum Gasteiger partial charge on any atom is 0.451 e.